The van der Waals surface area contributed by atoms with Gasteiger partial charge in [0, 0.05) is 12.4 Å². The molecule has 0 aliphatic carbocycles. The summed E-state index contributed by atoms with van der Waals surface area (Å²) in [5.41, 5.74) is 0.837. The molecule has 2 aromatic rings. The number of nitrogens with one attached hydrogen (secondary N) is 1. The molecule has 0 bridgehead atoms. The van der Waals surface area contributed by atoms with Gasteiger partial charge in [-0.1, -0.05) is 18.2 Å². The summed E-state index contributed by atoms with van der Waals surface area (Å²) in [5.74, 6) is -0.336. The lowest BCUT2D eigenvalue weighted by Crippen LogP contribution is -2.34. The molecule has 0 radical (unpaired) electrons. The number of aromatic nitrogens is 2. The van der Waals surface area contributed by atoms with Gasteiger partial charge in [0.15, 0.2) is 9.84 Å². The topological polar surface area (TPSA) is 89.0 Å². The first kappa shape index (κ1) is 13.7. The smallest absolute Gasteiger partial charge is 0.271 e. The van der Waals surface area contributed by atoms with Gasteiger partial charge in [0.05, 0.1) is 22.9 Å². The largest absolute Gasteiger partial charge is 0.344 e. The van der Waals surface area contributed by atoms with Crippen LogP contribution in [0.3, 0.4) is 0 Å². The second-order valence-electron chi connectivity index (χ2n) is 4.76. The van der Waals surface area contributed by atoms with E-state index in [9.17, 15) is 13.2 Å². The summed E-state index contributed by atoms with van der Waals surface area (Å²) in [6.45, 7) is 0. The molecule has 1 aliphatic heterocycles. The van der Waals surface area contributed by atoms with E-state index in [2.05, 4.69) is 15.3 Å². The Labute approximate surface area is 122 Å². The minimum absolute atomic E-state index is 0.0232. The summed E-state index contributed by atoms with van der Waals surface area (Å²) < 4.78 is 24.1. The number of amides is 1. The van der Waals surface area contributed by atoms with Crippen molar-refractivity contribution in [3.8, 4) is 0 Å². The highest BCUT2D eigenvalue weighted by Crippen LogP contribution is 2.31. The molecule has 1 unspecified atom stereocenters. The van der Waals surface area contributed by atoms with Gasteiger partial charge in [-0.2, -0.15) is 0 Å². The Balaban J connectivity index is 1.90. The maximum atomic E-state index is 12.1. The molecule has 0 saturated carbocycles. The molecular formula is C14H13N3O3S. The summed E-state index contributed by atoms with van der Waals surface area (Å²) in [4.78, 5) is 20.2. The van der Waals surface area contributed by atoms with Gasteiger partial charge >= 0.3 is 0 Å². The fourth-order valence-electron chi connectivity index (χ4n) is 2.39. The van der Waals surface area contributed by atoms with Crippen molar-refractivity contribution in [2.24, 2.45) is 0 Å². The highest BCUT2D eigenvalue weighted by atomic mass is 32.2. The fourth-order valence-corrected chi connectivity index (χ4v) is 4.01. The number of rotatable bonds is 2. The van der Waals surface area contributed by atoms with E-state index in [-0.39, 0.29) is 23.4 Å². The molecule has 108 valence electrons. The summed E-state index contributed by atoms with van der Waals surface area (Å²) in [7, 11) is -3.25. The molecule has 1 amide bonds. The van der Waals surface area contributed by atoms with Gasteiger partial charge in [0.2, 0.25) is 0 Å². The fraction of sp³-hybridized carbons (Fsp3) is 0.214. The lowest BCUT2D eigenvalue weighted by atomic mass is 10.0. The zero-order chi connectivity index (χ0) is 14.9. The molecule has 0 fully saturated rings. The third-order valence-corrected chi connectivity index (χ3v) is 5.22. The van der Waals surface area contributed by atoms with Crippen molar-refractivity contribution in [1.29, 1.82) is 0 Å². The number of hydrogen-bond acceptors (Lipinski definition) is 5. The second-order valence-corrected chi connectivity index (χ2v) is 6.84. The van der Waals surface area contributed by atoms with Gasteiger partial charge in [-0.05, 0) is 18.1 Å². The number of carbonyl (C=O) groups excluding carboxylic acids is 1. The molecule has 6 nitrogen and oxygen atoms in total. The van der Waals surface area contributed by atoms with E-state index in [0.29, 0.717) is 16.9 Å². The normalized spacial score (nSPS) is 19.5. The van der Waals surface area contributed by atoms with Gasteiger partial charge in [-0.15, -0.1) is 0 Å². The number of hydrogen-bond donors (Lipinski definition) is 1. The van der Waals surface area contributed by atoms with Crippen molar-refractivity contribution in [1.82, 2.24) is 15.3 Å². The average Bonchev–Trinajstić information content (AvgIpc) is 2.51. The SMILES string of the molecule is O=C(NC1CCS(=O)(=O)c2ccccc21)c1cnccn1. The Kier molecular flexibility index (Phi) is 3.42. The van der Waals surface area contributed by atoms with Crippen LogP contribution in [0.1, 0.15) is 28.5 Å². The maximum absolute atomic E-state index is 12.1. The number of fused-ring (bicyclic) bond motifs is 1. The van der Waals surface area contributed by atoms with E-state index < -0.39 is 9.84 Å². The van der Waals surface area contributed by atoms with Gasteiger partial charge in [-0.3, -0.25) is 9.78 Å². The van der Waals surface area contributed by atoms with Crippen LogP contribution in [0.25, 0.3) is 0 Å². The minimum atomic E-state index is -3.25. The van der Waals surface area contributed by atoms with E-state index in [1.807, 2.05) is 0 Å². The summed E-state index contributed by atoms with van der Waals surface area (Å²) in [6.07, 6.45) is 4.65. The molecule has 1 aromatic carbocycles. The van der Waals surface area contributed by atoms with E-state index >= 15 is 0 Å². The molecule has 0 saturated heterocycles. The quantitative estimate of drug-likeness (QED) is 0.898. The average molecular weight is 303 g/mol. The van der Waals surface area contributed by atoms with Gasteiger partial charge in [0.25, 0.3) is 5.91 Å². The molecule has 1 aromatic heterocycles. The first-order valence-corrected chi connectivity index (χ1v) is 8.12. The Morgan fingerprint density at radius 2 is 2.05 bits per heavy atom. The van der Waals surface area contributed by atoms with Crippen LogP contribution in [0.4, 0.5) is 0 Å². The molecular weight excluding hydrogens is 290 g/mol. The lowest BCUT2D eigenvalue weighted by Gasteiger charge is -2.26. The van der Waals surface area contributed by atoms with Crippen LogP contribution in [0, 0.1) is 0 Å². The molecule has 21 heavy (non-hydrogen) atoms. The first-order valence-electron chi connectivity index (χ1n) is 6.46. The monoisotopic (exact) mass is 303 g/mol. The zero-order valence-corrected chi connectivity index (χ0v) is 11.9. The highest BCUT2D eigenvalue weighted by Gasteiger charge is 2.31. The van der Waals surface area contributed by atoms with Crippen molar-refractivity contribution in [2.75, 3.05) is 5.75 Å². The van der Waals surface area contributed by atoms with Crippen molar-refractivity contribution in [3.63, 3.8) is 0 Å². The zero-order valence-electron chi connectivity index (χ0n) is 11.1. The molecule has 0 spiro atoms. The standard InChI is InChI=1S/C14H13N3O3S/c18-14(12-9-15-6-7-16-12)17-11-5-8-21(19,20)13-4-2-1-3-10(11)13/h1-4,6-7,9,11H,5,8H2,(H,17,18). The molecule has 1 aliphatic rings. The predicted octanol–water partition coefficient (Wildman–Crippen LogP) is 1.13. The number of sulfone groups is 1. The molecule has 1 N–H and O–H groups in total. The van der Waals surface area contributed by atoms with E-state index in [0.717, 1.165) is 0 Å². The van der Waals surface area contributed by atoms with Crippen LogP contribution >= 0.6 is 0 Å². The Morgan fingerprint density at radius 3 is 2.81 bits per heavy atom. The third kappa shape index (κ3) is 2.64. The van der Waals surface area contributed by atoms with Crippen molar-refractivity contribution in [2.45, 2.75) is 17.4 Å². The highest BCUT2D eigenvalue weighted by molar-refractivity contribution is 7.91. The van der Waals surface area contributed by atoms with E-state index in [1.54, 1.807) is 24.3 Å². The Hall–Kier alpha value is -2.28. The Morgan fingerprint density at radius 1 is 1.24 bits per heavy atom. The third-order valence-electron chi connectivity index (χ3n) is 3.41. The van der Waals surface area contributed by atoms with E-state index in [1.165, 1.54) is 18.6 Å². The second kappa shape index (κ2) is 5.25. The van der Waals surface area contributed by atoms with Crippen LogP contribution in [0.2, 0.25) is 0 Å². The van der Waals surface area contributed by atoms with Crippen molar-refractivity contribution >= 4 is 15.7 Å². The molecule has 3 rings (SSSR count). The number of nitrogens with zero attached hydrogens (tertiary/aromatic N) is 2. The summed E-state index contributed by atoms with van der Waals surface area (Å²) in [6, 6.07) is 6.42. The number of carbonyl (C=O) groups is 1. The number of benzene rings is 1. The van der Waals surface area contributed by atoms with Crippen LogP contribution in [0.5, 0.6) is 0 Å². The summed E-state index contributed by atoms with van der Waals surface area (Å²) in [5, 5.41) is 2.82. The summed E-state index contributed by atoms with van der Waals surface area (Å²) >= 11 is 0. The lowest BCUT2D eigenvalue weighted by molar-refractivity contribution is 0.0929. The van der Waals surface area contributed by atoms with Gasteiger partial charge < -0.3 is 5.32 Å². The van der Waals surface area contributed by atoms with Crippen LogP contribution < -0.4 is 5.32 Å². The maximum Gasteiger partial charge on any atom is 0.271 e. The Bertz CT molecular complexity index is 775. The van der Waals surface area contributed by atoms with Crippen molar-refractivity contribution in [3.05, 3.63) is 54.1 Å². The molecule has 2 heterocycles. The van der Waals surface area contributed by atoms with Crippen LogP contribution in [0.15, 0.2) is 47.8 Å². The molecule has 7 heteroatoms. The van der Waals surface area contributed by atoms with Crippen LogP contribution in [-0.2, 0) is 9.84 Å². The molecule has 1 atom stereocenters. The first-order chi connectivity index (χ1) is 10.1. The predicted molar refractivity (Wildman–Crippen MR) is 75.4 cm³/mol. The van der Waals surface area contributed by atoms with Gasteiger partial charge in [0.1, 0.15) is 5.69 Å². The van der Waals surface area contributed by atoms with Gasteiger partial charge in [-0.25, -0.2) is 13.4 Å². The minimum Gasteiger partial charge on any atom is -0.344 e. The van der Waals surface area contributed by atoms with Crippen molar-refractivity contribution < 1.29 is 13.2 Å². The van der Waals surface area contributed by atoms with Crippen LogP contribution in [-0.4, -0.2) is 30.0 Å². The van der Waals surface area contributed by atoms with E-state index in [4.69, 9.17) is 0 Å².